The lowest BCUT2D eigenvalue weighted by atomic mass is 9.92. The normalized spacial score (nSPS) is 11.3. The highest BCUT2D eigenvalue weighted by Crippen LogP contribution is 2.46. The Labute approximate surface area is 350 Å². The third-order valence-electron chi connectivity index (χ3n) is 11.8. The van der Waals surface area contributed by atoms with Crippen LogP contribution in [0.3, 0.4) is 0 Å². The smallest absolute Gasteiger partial charge is 0.0562 e. The van der Waals surface area contributed by atoms with Crippen molar-refractivity contribution in [1.82, 2.24) is 4.57 Å². The van der Waals surface area contributed by atoms with E-state index in [-0.39, 0.29) is 0 Å². The Morgan fingerprint density at radius 1 is 0.300 bits per heavy atom. The SMILES string of the molecule is c1ccc(-c2ccccc2-c2cccc3c2c2ccc(N(c4cccc(-c5cccc6ccccc56)c4)c4ccccc4-c4ccccc4)cc2n3-c2ccccc2)cc1. The molecule has 0 bridgehead atoms. The molecule has 0 atom stereocenters. The molecule has 0 radical (unpaired) electrons. The highest BCUT2D eigenvalue weighted by atomic mass is 15.1. The molecule has 0 amide bonds. The van der Waals surface area contributed by atoms with E-state index in [1.807, 2.05) is 0 Å². The second-order valence-electron chi connectivity index (χ2n) is 15.3. The number of para-hydroxylation sites is 2. The summed E-state index contributed by atoms with van der Waals surface area (Å²) in [5, 5.41) is 4.92. The van der Waals surface area contributed by atoms with Gasteiger partial charge in [-0.15, -0.1) is 0 Å². The van der Waals surface area contributed by atoms with Gasteiger partial charge in [0.25, 0.3) is 0 Å². The number of benzene rings is 10. The molecule has 0 aliphatic carbocycles. The first-order valence-electron chi connectivity index (χ1n) is 20.6. The van der Waals surface area contributed by atoms with Crippen LogP contribution in [0.4, 0.5) is 17.1 Å². The summed E-state index contributed by atoms with van der Waals surface area (Å²) in [7, 11) is 0. The van der Waals surface area contributed by atoms with Crippen LogP contribution >= 0.6 is 0 Å². The largest absolute Gasteiger partial charge is 0.310 e. The molecule has 0 saturated carbocycles. The number of hydrogen-bond donors (Lipinski definition) is 0. The lowest BCUT2D eigenvalue weighted by Crippen LogP contribution is -2.11. The van der Waals surface area contributed by atoms with Gasteiger partial charge in [-0.25, -0.2) is 0 Å². The molecule has 1 heterocycles. The monoisotopic (exact) mass is 764 g/mol. The number of anilines is 3. The van der Waals surface area contributed by atoms with E-state index in [2.05, 4.69) is 252 Å². The molecule has 282 valence electrons. The minimum Gasteiger partial charge on any atom is -0.310 e. The Balaban J connectivity index is 1.18. The summed E-state index contributed by atoms with van der Waals surface area (Å²) in [4.78, 5) is 2.44. The maximum atomic E-state index is 2.44. The standard InChI is InChI=1S/C58H40N2/c1-4-19-41(20-5-1)49-30-12-13-32-52(49)53-34-18-36-56-58(53)54-38-37-47(40-57(54)60(56)45-26-8-3-9-27-45)59(55-35-15-14-31-51(55)43-21-6-2-7-22-43)46-28-16-25-44(39-46)50-33-17-24-42-23-10-11-29-48(42)50/h1-40H. The Morgan fingerprint density at radius 3 is 1.65 bits per heavy atom. The summed E-state index contributed by atoms with van der Waals surface area (Å²) in [5.41, 5.74) is 16.3. The summed E-state index contributed by atoms with van der Waals surface area (Å²) in [6.07, 6.45) is 0. The van der Waals surface area contributed by atoms with Crippen molar-refractivity contribution in [2.45, 2.75) is 0 Å². The van der Waals surface area contributed by atoms with E-state index >= 15 is 0 Å². The van der Waals surface area contributed by atoms with Crippen molar-refractivity contribution in [1.29, 1.82) is 0 Å². The molecule has 0 spiro atoms. The third-order valence-corrected chi connectivity index (χ3v) is 11.8. The summed E-state index contributed by atoms with van der Waals surface area (Å²) in [6, 6.07) is 87.9. The molecule has 0 N–H and O–H groups in total. The lowest BCUT2D eigenvalue weighted by molar-refractivity contribution is 1.18. The zero-order chi connectivity index (χ0) is 39.8. The topological polar surface area (TPSA) is 8.17 Å². The summed E-state index contributed by atoms with van der Waals surface area (Å²) in [5.74, 6) is 0. The van der Waals surface area contributed by atoms with Gasteiger partial charge in [0.2, 0.25) is 0 Å². The van der Waals surface area contributed by atoms with Gasteiger partial charge in [0.15, 0.2) is 0 Å². The Hall–Kier alpha value is -7.94. The average Bonchev–Trinajstić information content (AvgIpc) is 3.66. The van der Waals surface area contributed by atoms with Gasteiger partial charge in [-0.2, -0.15) is 0 Å². The van der Waals surface area contributed by atoms with Gasteiger partial charge in [0.1, 0.15) is 0 Å². The van der Waals surface area contributed by atoms with Crippen LogP contribution in [0.25, 0.3) is 82.8 Å². The van der Waals surface area contributed by atoms with Crippen LogP contribution in [0.5, 0.6) is 0 Å². The van der Waals surface area contributed by atoms with E-state index in [1.54, 1.807) is 0 Å². The molecule has 11 aromatic rings. The van der Waals surface area contributed by atoms with E-state index in [0.29, 0.717) is 0 Å². The number of hydrogen-bond acceptors (Lipinski definition) is 1. The van der Waals surface area contributed by atoms with Crippen LogP contribution in [-0.4, -0.2) is 4.57 Å². The number of rotatable bonds is 8. The number of aromatic nitrogens is 1. The molecule has 1 aromatic heterocycles. The fraction of sp³-hybridized carbons (Fsp3) is 0. The highest BCUT2D eigenvalue weighted by Gasteiger charge is 2.22. The van der Waals surface area contributed by atoms with Crippen LogP contribution in [0.1, 0.15) is 0 Å². The lowest BCUT2D eigenvalue weighted by Gasteiger charge is -2.28. The molecule has 0 fully saturated rings. The molecule has 2 heteroatoms. The minimum atomic E-state index is 1.08. The molecule has 0 saturated heterocycles. The molecule has 0 aliphatic rings. The van der Waals surface area contributed by atoms with Gasteiger partial charge in [-0.3, -0.25) is 0 Å². The first-order valence-corrected chi connectivity index (χ1v) is 20.6. The molecule has 0 aliphatic heterocycles. The van der Waals surface area contributed by atoms with E-state index < -0.39 is 0 Å². The Kier molecular flexibility index (Phi) is 8.87. The van der Waals surface area contributed by atoms with Crippen molar-refractivity contribution in [2.75, 3.05) is 4.90 Å². The van der Waals surface area contributed by atoms with Gasteiger partial charge in [-0.1, -0.05) is 194 Å². The maximum absolute atomic E-state index is 2.44. The zero-order valence-electron chi connectivity index (χ0n) is 33.0. The van der Waals surface area contributed by atoms with Crippen LogP contribution in [-0.2, 0) is 0 Å². The fourth-order valence-corrected chi connectivity index (χ4v) is 9.11. The predicted octanol–water partition coefficient (Wildman–Crippen LogP) is 16.1. The Bertz CT molecular complexity index is 3300. The summed E-state index contributed by atoms with van der Waals surface area (Å²) in [6.45, 7) is 0. The molecule has 60 heavy (non-hydrogen) atoms. The van der Waals surface area contributed by atoms with Crippen LogP contribution in [0.2, 0.25) is 0 Å². The van der Waals surface area contributed by atoms with Gasteiger partial charge in [0.05, 0.1) is 16.7 Å². The van der Waals surface area contributed by atoms with Gasteiger partial charge in [0, 0.05) is 33.4 Å². The van der Waals surface area contributed by atoms with Crippen molar-refractivity contribution in [3.63, 3.8) is 0 Å². The summed E-state index contributed by atoms with van der Waals surface area (Å²) >= 11 is 0. The summed E-state index contributed by atoms with van der Waals surface area (Å²) < 4.78 is 2.44. The zero-order valence-corrected chi connectivity index (χ0v) is 33.0. The first-order chi connectivity index (χ1) is 29.8. The van der Waals surface area contributed by atoms with E-state index in [0.717, 1.165) is 33.8 Å². The molecule has 0 unspecified atom stereocenters. The quantitative estimate of drug-likeness (QED) is 0.150. The maximum Gasteiger partial charge on any atom is 0.0562 e. The molecule has 2 nitrogen and oxygen atoms in total. The van der Waals surface area contributed by atoms with Crippen LogP contribution in [0.15, 0.2) is 243 Å². The average molecular weight is 765 g/mol. The first kappa shape index (κ1) is 35.2. The molecule has 11 rings (SSSR count). The van der Waals surface area contributed by atoms with Crippen LogP contribution in [0, 0.1) is 0 Å². The second-order valence-corrected chi connectivity index (χ2v) is 15.3. The van der Waals surface area contributed by atoms with E-state index in [1.165, 1.54) is 66.0 Å². The van der Waals surface area contributed by atoms with Gasteiger partial charge >= 0.3 is 0 Å². The minimum absolute atomic E-state index is 1.08. The third kappa shape index (κ3) is 6.14. The van der Waals surface area contributed by atoms with Crippen molar-refractivity contribution in [2.24, 2.45) is 0 Å². The molecular weight excluding hydrogens is 725 g/mol. The van der Waals surface area contributed by atoms with E-state index in [4.69, 9.17) is 0 Å². The number of nitrogens with zero attached hydrogens (tertiary/aromatic N) is 2. The van der Waals surface area contributed by atoms with Gasteiger partial charge in [-0.05, 0) is 98.2 Å². The highest BCUT2D eigenvalue weighted by molar-refractivity contribution is 6.17. The molecule has 10 aromatic carbocycles. The molecular formula is C58H40N2. The Morgan fingerprint density at radius 2 is 0.850 bits per heavy atom. The van der Waals surface area contributed by atoms with Crippen molar-refractivity contribution in [3.8, 4) is 50.2 Å². The fourth-order valence-electron chi connectivity index (χ4n) is 9.11. The van der Waals surface area contributed by atoms with Crippen LogP contribution < -0.4 is 4.90 Å². The van der Waals surface area contributed by atoms with Crippen molar-refractivity contribution < 1.29 is 0 Å². The van der Waals surface area contributed by atoms with E-state index in [9.17, 15) is 0 Å². The second kappa shape index (κ2) is 15.1. The predicted molar refractivity (Wildman–Crippen MR) is 255 cm³/mol. The van der Waals surface area contributed by atoms with Crippen molar-refractivity contribution in [3.05, 3.63) is 243 Å². The van der Waals surface area contributed by atoms with Gasteiger partial charge < -0.3 is 9.47 Å². The van der Waals surface area contributed by atoms with Crippen molar-refractivity contribution >= 4 is 49.6 Å². The number of fused-ring (bicyclic) bond motifs is 4.